The van der Waals surface area contributed by atoms with Crippen LogP contribution >= 0.6 is 0 Å². The molecular formula is C10H22NRb. The Morgan fingerprint density at radius 2 is 1.17 bits per heavy atom. The fraction of sp³-hybridized carbons (Fsp3) is 1.00. The summed E-state index contributed by atoms with van der Waals surface area (Å²) in [5.41, 5.74) is 0. The summed E-state index contributed by atoms with van der Waals surface area (Å²) in [6.45, 7) is 6.66. The molecule has 0 aliphatic rings. The first kappa shape index (κ1) is 16.2. The Balaban J connectivity index is 0. The molecule has 1 nitrogen and oxygen atoms in total. The van der Waals surface area contributed by atoms with E-state index in [1.807, 2.05) is 0 Å². The van der Waals surface area contributed by atoms with Crippen LogP contribution in [0.1, 0.15) is 52.4 Å². The Hall–Kier alpha value is 1.77. The minimum atomic E-state index is 0. The first-order valence-electron chi connectivity index (χ1n) is 5.05. The largest absolute Gasteiger partial charge is 1.00 e. The standard InChI is InChI=1S/C10H22N.Rb/c1-3-5-7-9-11-10-8-6-4-2;/h3-10H2,1-2H3;/q-1;+1. The fourth-order valence-corrected chi connectivity index (χ4v) is 1.06. The molecule has 12 heavy (non-hydrogen) atoms. The average molecular weight is 242 g/mol. The van der Waals surface area contributed by atoms with Gasteiger partial charge in [0.15, 0.2) is 0 Å². The van der Waals surface area contributed by atoms with Crippen LogP contribution in [0.3, 0.4) is 0 Å². The van der Waals surface area contributed by atoms with E-state index < -0.39 is 0 Å². The van der Waals surface area contributed by atoms with Crippen molar-refractivity contribution in [1.82, 2.24) is 0 Å². The van der Waals surface area contributed by atoms with Crippen molar-refractivity contribution in [3.63, 3.8) is 0 Å². The van der Waals surface area contributed by atoms with E-state index in [1.54, 1.807) is 0 Å². The van der Waals surface area contributed by atoms with E-state index in [2.05, 4.69) is 19.2 Å². The van der Waals surface area contributed by atoms with Crippen LogP contribution in [0.2, 0.25) is 0 Å². The molecule has 0 saturated carbocycles. The van der Waals surface area contributed by atoms with E-state index in [0.29, 0.717) is 0 Å². The molecule has 0 unspecified atom stereocenters. The summed E-state index contributed by atoms with van der Waals surface area (Å²) in [5, 5.41) is 4.45. The third-order valence-electron chi connectivity index (χ3n) is 1.84. The molecule has 0 aliphatic heterocycles. The van der Waals surface area contributed by atoms with E-state index in [9.17, 15) is 0 Å². The molecule has 0 rings (SSSR count). The van der Waals surface area contributed by atoms with Crippen LogP contribution in [-0.4, -0.2) is 13.1 Å². The van der Waals surface area contributed by atoms with Crippen LogP contribution in [0.15, 0.2) is 0 Å². The second-order valence-corrected chi connectivity index (χ2v) is 3.09. The summed E-state index contributed by atoms with van der Waals surface area (Å²) in [5.74, 6) is 0. The zero-order valence-electron chi connectivity index (χ0n) is 9.10. The van der Waals surface area contributed by atoms with Gasteiger partial charge in [-0.15, -0.1) is 13.1 Å². The van der Waals surface area contributed by atoms with E-state index in [0.717, 1.165) is 13.1 Å². The second kappa shape index (κ2) is 15.2. The van der Waals surface area contributed by atoms with Gasteiger partial charge in [-0.2, -0.15) is 0 Å². The Kier molecular flexibility index (Phi) is 20.6. The van der Waals surface area contributed by atoms with Gasteiger partial charge >= 0.3 is 58.2 Å². The van der Waals surface area contributed by atoms with Gasteiger partial charge < -0.3 is 5.32 Å². The summed E-state index contributed by atoms with van der Waals surface area (Å²) in [6.07, 6.45) is 7.90. The van der Waals surface area contributed by atoms with Gasteiger partial charge in [0.05, 0.1) is 0 Å². The second-order valence-electron chi connectivity index (χ2n) is 3.09. The van der Waals surface area contributed by atoms with Gasteiger partial charge in [-0.3, -0.25) is 0 Å². The molecule has 2 heteroatoms. The molecule has 68 valence electrons. The van der Waals surface area contributed by atoms with Crippen molar-refractivity contribution in [3.05, 3.63) is 5.32 Å². The summed E-state index contributed by atoms with van der Waals surface area (Å²) >= 11 is 0. The summed E-state index contributed by atoms with van der Waals surface area (Å²) in [7, 11) is 0. The predicted molar refractivity (Wildman–Crippen MR) is 52.1 cm³/mol. The zero-order valence-corrected chi connectivity index (χ0v) is 14.0. The first-order chi connectivity index (χ1) is 5.41. The van der Waals surface area contributed by atoms with E-state index >= 15 is 0 Å². The molecule has 0 fully saturated rings. The van der Waals surface area contributed by atoms with E-state index in [4.69, 9.17) is 0 Å². The maximum atomic E-state index is 4.45. The molecule has 0 N–H and O–H groups in total. The quantitative estimate of drug-likeness (QED) is 0.557. The third-order valence-corrected chi connectivity index (χ3v) is 1.84. The molecule has 0 amide bonds. The number of hydrogen-bond acceptors (Lipinski definition) is 0. The Morgan fingerprint density at radius 3 is 1.50 bits per heavy atom. The molecule has 0 spiro atoms. The maximum Gasteiger partial charge on any atom is 1.00 e. The molecule has 0 saturated heterocycles. The molecule has 0 heterocycles. The SMILES string of the molecule is CCCCC[N-]CCCCC.[Rb+]. The van der Waals surface area contributed by atoms with Gasteiger partial charge in [0.25, 0.3) is 0 Å². The van der Waals surface area contributed by atoms with Crippen LogP contribution < -0.4 is 58.2 Å². The first-order valence-corrected chi connectivity index (χ1v) is 5.05. The van der Waals surface area contributed by atoms with Gasteiger partial charge in [0, 0.05) is 0 Å². The van der Waals surface area contributed by atoms with Gasteiger partial charge in [0.2, 0.25) is 0 Å². The molecule has 0 aromatic carbocycles. The minimum absolute atomic E-state index is 0. The number of hydrogen-bond donors (Lipinski definition) is 0. The smallest absolute Gasteiger partial charge is 0.662 e. The topological polar surface area (TPSA) is 14.1 Å². The summed E-state index contributed by atoms with van der Waals surface area (Å²) in [6, 6.07) is 0. The van der Waals surface area contributed by atoms with Gasteiger partial charge in [-0.25, -0.2) is 0 Å². The van der Waals surface area contributed by atoms with Crippen molar-refractivity contribution in [2.45, 2.75) is 52.4 Å². The number of nitrogens with zero attached hydrogens (tertiary/aromatic N) is 1. The van der Waals surface area contributed by atoms with Crippen molar-refractivity contribution in [1.29, 1.82) is 0 Å². The van der Waals surface area contributed by atoms with E-state index in [1.165, 1.54) is 38.5 Å². The molecule has 0 radical (unpaired) electrons. The number of rotatable bonds is 8. The average Bonchev–Trinajstić information content (AvgIpc) is 2.03. The minimum Gasteiger partial charge on any atom is -0.662 e. The molecule has 0 aromatic heterocycles. The van der Waals surface area contributed by atoms with Gasteiger partial charge in [-0.1, -0.05) is 52.4 Å². The van der Waals surface area contributed by atoms with Crippen molar-refractivity contribution in [3.8, 4) is 0 Å². The Morgan fingerprint density at radius 1 is 0.750 bits per heavy atom. The molecule has 0 aliphatic carbocycles. The van der Waals surface area contributed by atoms with Crippen LogP contribution in [0.5, 0.6) is 0 Å². The van der Waals surface area contributed by atoms with Crippen LogP contribution in [-0.2, 0) is 0 Å². The monoisotopic (exact) mass is 241 g/mol. The molecule has 0 aromatic rings. The van der Waals surface area contributed by atoms with Crippen LogP contribution in [0.25, 0.3) is 5.32 Å². The van der Waals surface area contributed by atoms with Gasteiger partial charge in [0.1, 0.15) is 0 Å². The maximum absolute atomic E-state index is 4.45. The van der Waals surface area contributed by atoms with Crippen molar-refractivity contribution >= 4 is 0 Å². The van der Waals surface area contributed by atoms with E-state index in [-0.39, 0.29) is 58.2 Å². The van der Waals surface area contributed by atoms with Gasteiger partial charge in [-0.05, 0) is 0 Å². The Labute approximate surface area is 127 Å². The predicted octanol–water partition coefficient (Wildman–Crippen LogP) is 0.744. The fourth-order valence-electron chi connectivity index (χ4n) is 1.06. The third kappa shape index (κ3) is 14.3. The normalized spacial score (nSPS) is 9.50. The number of unbranched alkanes of at least 4 members (excludes halogenated alkanes) is 4. The van der Waals surface area contributed by atoms with Crippen molar-refractivity contribution < 1.29 is 58.2 Å². The zero-order chi connectivity index (χ0) is 8.36. The van der Waals surface area contributed by atoms with Crippen LogP contribution in [0, 0.1) is 0 Å². The van der Waals surface area contributed by atoms with Crippen molar-refractivity contribution in [2.75, 3.05) is 13.1 Å². The molecular weight excluding hydrogens is 220 g/mol. The Bertz CT molecular complexity index is 58.9. The molecule has 0 bridgehead atoms. The summed E-state index contributed by atoms with van der Waals surface area (Å²) in [4.78, 5) is 0. The van der Waals surface area contributed by atoms with Crippen molar-refractivity contribution in [2.24, 2.45) is 0 Å². The van der Waals surface area contributed by atoms with Crippen LogP contribution in [0.4, 0.5) is 0 Å². The molecule has 0 atom stereocenters. The summed E-state index contributed by atoms with van der Waals surface area (Å²) < 4.78 is 0.